The van der Waals surface area contributed by atoms with Crippen molar-refractivity contribution in [1.82, 2.24) is 5.32 Å². The molecule has 0 aliphatic carbocycles. The number of benzene rings is 2. The Morgan fingerprint density at radius 1 is 1.21 bits per heavy atom. The highest BCUT2D eigenvalue weighted by molar-refractivity contribution is 6.30. The minimum absolute atomic E-state index is 0.0708. The lowest BCUT2D eigenvalue weighted by Crippen LogP contribution is -2.30. The lowest BCUT2D eigenvalue weighted by Gasteiger charge is -2.17. The Morgan fingerprint density at radius 3 is 2.67 bits per heavy atom. The lowest BCUT2D eigenvalue weighted by molar-refractivity contribution is -0.119. The predicted molar refractivity (Wildman–Crippen MR) is 98.4 cm³/mol. The van der Waals surface area contributed by atoms with Gasteiger partial charge < -0.3 is 15.7 Å². The fourth-order valence-corrected chi connectivity index (χ4v) is 2.56. The molecule has 0 saturated carbocycles. The van der Waals surface area contributed by atoms with Crippen LogP contribution in [-0.2, 0) is 4.79 Å². The van der Waals surface area contributed by atoms with Gasteiger partial charge in [0.1, 0.15) is 6.10 Å². The van der Waals surface area contributed by atoms with Crippen LogP contribution in [0.3, 0.4) is 0 Å². The van der Waals surface area contributed by atoms with Gasteiger partial charge in [0.05, 0.1) is 6.54 Å². The Kier molecular flexibility index (Phi) is 7.09. The average molecular weight is 347 g/mol. The van der Waals surface area contributed by atoms with Crippen LogP contribution >= 0.6 is 11.6 Å². The van der Waals surface area contributed by atoms with Crippen LogP contribution in [0.2, 0.25) is 5.02 Å². The third kappa shape index (κ3) is 5.25. The highest BCUT2D eigenvalue weighted by Gasteiger charge is 2.15. The highest BCUT2D eigenvalue weighted by atomic mass is 35.5. The predicted octanol–water partition coefficient (Wildman–Crippen LogP) is 3.75. The van der Waals surface area contributed by atoms with E-state index in [1.165, 1.54) is 0 Å². The first-order valence-corrected chi connectivity index (χ1v) is 8.52. The quantitative estimate of drug-likeness (QED) is 0.638. The van der Waals surface area contributed by atoms with E-state index in [1.54, 1.807) is 18.2 Å². The normalized spacial score (nSPS) is 11.8. The van der Waals surface area contributed by atoms with Crippen LogP contribution in [0.4, 0.5) is 5.69 Å². The number of nitrogens with one attached hydrogen (secondary N) is 2. The number of carbonyl (C=O) groups is 1. The summed E-state index contributed by atoms with van der Waals surface area (Å²) in [5.74, 6) is -0.0708. The standard InChI is InChI=1S/C19H23ClN2O2/c1-2-3-11-21-18(23)13-22-17-10-9-15(20)12-16(17)19(24)14-7-5-4-6-8-14/h4-10,12,19,22,24H,2-3,11,13H2,1H3,(H,21,23). The van der Waals surface area contributed by atoms with Crippen molar-refractivity contribution >= 4 is 23.2 Å². The zero-order valence-corrected chi connectivity index (χ0v) is 14.5. The Labute approximate surface area is 147 Å². The van der Waals surface area contributed by atoms with Gasteiger partial charge in [-0.1, -0.05) is 55.3 Å². The van der Waals surface area contributed by atoms with E-state index in [-0.39, 0.29) is 12.5 Å². The smallest absolute Gasteiger partial charge is 0.239 e. The number of unbranched alkanes of at least 4 members (excludes halogenated alkanes) is 1. The fraction of sp³-hybridized carbons (Fsp3) is 0.316. The van der Waals surface area contributed by atoms with Gasteiger partial charge in [0, 0.05) is 22.8 Å². The molecule has 1 amide bonds. The molecule has 0 fully saturated rings. The van der Waals surface area contributed by atoms with Crippen LogP contribution in [-0.4, -0.2) is 24.1 Å². The molecule has 0 radical (unpaired) electrons. The molecule has 0 aromatic heterocycles. The number of hydrogen-bond donors (Lipinski definition) is 3. The summed E-state index contributed by atoms with van der Waals surface area (Å²) in [5, 5.41) is 17.1. The summed E-state index contributed by atoms with van der Waals surface area (Å²) >= 11 is 6.08. The molecule has 0 aliphatic heterocycles. The van der Waals surface area contributed by atoms with Crippen molar-refractivity contribution in [2.45, 2.75) is 25.9 Å². The molecule has 4 nitrogen and oxygen atoms in total. The summed E-state index contributed by atoms with van der Waals surface area (Å²) in [6.07, 6.45) is 1.19. The molecule has 2 rings (SSSR count). The van der Waals surface area contributed by atoms with Gasteiger partial charge in [-0.05, 0) is 30.2 Å². The number of hydrogen-bond acceptors (Lipinski definition) is 3. The molecule has 0 spiro atoms. The molecule has 128 valence electrons. The maximum absolute atomic E-state index is 11.8. The second-order valence-corrected chi connectivity index (χ2v) is 6.04. The number of aliphatic hydroxyl groups excluding tert-OH is 1. The average Bonchev–Trinajstić information content (AvgIpc) is 2.61. The summed E-state index contributed by atoms with van der Waals surface area (Å²) in [5.41, 5.74) is 2.12. The monoisotopic (exact) mass is 346 g/mol. The van der Waals surface area contributed by atoms with Crippen molar-refractivity contribution < 1.29 is 9.90 Å². The second-order valence-electron chi connectivity index (χ2n) is 5.60. The van der Waals surface area contributed by atoms with Gasteiger partial charge in [0.25, 0.3) is 0 Å². The second kappa shape index (κ2) is 9.30. The van der Waals surface area contributed by atoms with E-state index >= 15 is 0 Å². The van der Waals surface area contributed by atoms with Crippen molar-refractivity contribution in [1.29, 1.82) is 0 Å². The van der Waals surface area contributed by atoms with Crippen LogP contribution < -0.4 is 10.6 Å². The number of amides is 1. The largest absolute Gasteiger partial charge is 0.384 e. The summed E-state index contributed by atoms with van der Waals surface area (Å²) in [7, 11) is 0. The highest BCUT2D eigenvalue weighted by Crippen LogP contribution is 2.30. The first-order chi connectivity index (χ1) is 11.6. The van der Waals surface area contributed by atoms with Crippen molar-refractivity contribution in [3.63, 3.8) is 0 Å². The number of aliphatic hydroxyl groups is 1. The summed E-state index contributed by atoms with van der Waals surface area (Å²) in [4.78, 5) is 11.8. The van der Waals surface area contributed by atoms with Gasteiger partial charge in [-0.25, -0.2) is 0 Å². The minimum Gasteiger partial charge on any atom is -0.384 e. The first-order valence-electron chi connectivity index (χ1n) is 8.15. The Hall–Kier alpha value is -2.04. The van der Waals surface area contributed by atoms with E-state index in [0.717, 1.165) is 18.4 Å². The maximum atomic E-state index is 11.8. The Bertz CT molecular complexity index is 662. The van der Waals surface area contributed by atoms with Gasteiger partial charge >= 0.3 is 0 Å². The molecule has 2 aromatic carbocycles. The zero-order valence-electron chi connectivity index (χ0n) is 13.8. The van der Waals surface area contributed by atoms with E-state index in [0.29, 0.717) is 22.8 Å². The van der Waals surface area contributed by atoms with Crippen molar-refractivity contribution in [3.8, 4) is 0 Å². The number of rotatable bonds is 8. The molecule has 0 bridgehead atoms. The molecular weight excluding hydrogens is 324 g/mol. The molecule has 3 N–H and O–H groups in total. The van der Waals surface area contributed by atoms with Crippen molar-refractivity contribution in [2.75, 3.05) is 18.4 Å². The summed E-state index contributed by atoms with van der Waals surface area (Å²) < 4.78 is 0. The van der Waals surface area contributed by atoms with E-state index in [9.17, 15) is 9.90 Å². The van der Waals surface area contributed by atoms with Gasteiger partial charge in [-0.3, -0.25) is 4.79 Å². The van der Waals surface area contributed by atoms with E-state index in [2.05, 4.69) is 17.6 Å². The Morgan fingerprint density at radius 2 is 1.96 bits per heavy atom. The number of anilines is 1. The molecule has 0 saturated heterocycles. The lowest BCUT2D eigenvalue weighted by atomic mass is 10.00. The number of halogens is 1. The third-order valence-corrected chi connectivity index (χ3v) is 3.95. The molecule has 24 heavy (non-hydrogen) atoms. The van der Waals surface area contributed by atoms with Gasteiger partial charge in [0.15, 0.2) is 0 Å². The molecule has 2 aromatic rings. The van der Waals surface area contributed by atoms with E-state index in [4.69, 9.17) is 11.6 Å². The van der Waals surface area contributed by atoms with Crippen LogP contribution in [0.15, 0.2) is 48.5 Å². The molecule has 1 atom stereocenters. The van der Waals surface area contributed by atoms with E-state index < -0.39 is 6.10 Å². The number of carbonyl (C=O) groups excluding carboxylic acids is 1. The maximum Gasteiger partial charge on any atom is 0.239 e. The van der Waals surface area contributed by atoms with Crippen molar-refractivity contribution in [3.05, 3.63) is 64.7 Å². The van der Waals surface area contributed by atoms with Crippen LogP contribution in [0.5, 0.6) is 0 Å². The van der Waals surface area contributed by atoms with Gasteiger partial charge in [-0.2, -0.15) is 0 Å². The molecule has 5 heteroatoms. The minimum atomic E-state index is -0.810. The van der Waals surface area contributed by atoms with Crippen LogP contribution in [0, 0.1) is 0 Å². The van der Waals surface area contributed by atoms with Crippen LogP contribution in [0.1, 0.15) is 37.0 Å². The fourth-order valence-electron chi connectivity index (χ4n) is 2.38. The summed E-state index contributed by atoms with van der Waals surface area (Å²) in [6, 6.07) is 14.6. The third-order valence-electron chi connectivity index (χ3n) is 3.72. The van der Waals surface area contributed by atoms with Gasteiger partial charge in [-0.15, -0.1) is 0 Å². The SMILES string of the molecule is CCCCNC(=O)CNc1ccc(Cl)cc1C(O)c1ccccc1. The van der Waals surface area contributed by atoms with Crippen LogP contribution in [0.25, 0.3) is 0 Å². The zero-order chi connectivity index (χ0) is 17.4. The summed E-state index contributed by atoms with van der Waals surface area (Å²) in [6.45, 7) is 2.91. The first kappa shape index (κ1) is 18.3. The van der Waals surface area contributed by atoms with Gasteiger partial charge in [0.2, 0.25) is 5.91 Å². The molecular formula is C19H23ClN2O2. The topological polar surface area (TPSA) is 61.4 Å². The van der Waals surface area contributed by atoms with Crippen molar-refractivity contribution in [2.24, 2.45) is 0 Å². The molecule has 0 heterocycles. The molecule has 1 unspecified atom stereocenters. The van der Waals surface area contributed by atoms with E-state index in [1.807, 2.05) is 30.3 Å². The molecule has 0 aliphatic rings. The Balaban J connectivity index is 2.09.